The average molecular weight is 437 g/mol. The fraction of sp³-hybridized carbons (Fsp3) is 0.478. The number of hydrogen-bond acceptors (Lipinski definition) is 7. The second-order valence-corrected chi connectivity index (χ2v) is 8.44. The molecule has 3 N–H and O–H groups in total. The lowest BCUT2D eigenvalue weighted by Crippen LogP contribution is -2.36. The molecule has 0 bridgehead atoms. The Labute approximate surface area is 187 Å². The first kappa shape index (κ1) is 21.8. The summed E-state index contributed by atoms with van der Waals surface area (Å²) in [4.78, 5) is 23.6. The zero-order valence-electron chi connectivity index (χ0n) is 17.9. The maximum atomic E-state index is 11.1. The molecule has 1 aromatic carbocycles. The van der Waals surface area contributed by atoms with Gasteiger partial charge in [-0.25, -0.2) is 14.8 Å². The van der Waals surface area contributed by atoms with Gasteiger partial charge in [0.2, 0.25) is 0 Å². The second-order valence-electron chi connectivity index (χ2n) is 8.44. The molecule has 9 heteroatoms. The molecule has 2 saturated heterocycles. The third-order valence-corrected chi connectivity index (χ3v) is 6.47. The molecule has 0 aliphatic carbocycles. The number of nitrogens with zero attached hydrogens (tertiary/aromatic N) is 5. The van der Waals surface area contributed by atoms with Crippen LogP contribution in [0.1, 0.15) is 42.9 Å². The Morgan fingerprint density at radius 3 is 2.41 bits per heavy atom. The van der Waals surface area contributed by atoms with Crippen molar-refractivity contribution in [1.82, 2.24) is 14.9 Å². The Bertz CT molecular complexity index is 974. The van der Waals surface area contributed by atoms with Crippen molar-refractivity contribution in [2.45, 2.75) is 31.6 Å². The number of hydrogen-bond donors (Lipinski definition) is 3. The van der Waals surface area contributed by atoms with E-state index in [1.165, 1.54) is 10.5 Å². The molecule has 0 atom stereocenters. The van der Waals surface area contributed by atoms with Gasteiger partial charge in [0.1, 0.15) is 11.9 Å². The van der Waals surface area contributed by atoms with Gasteiger partial charge in [-0.1, -0.05) is 12.1 Å². The SMILES string of the molecule is N#Cc1ncc(N2CCC(CO)CC2)nc1Nc1ccc(C2CCN(C(=O)O)CC2)cc1. The minimum absolute atomic E-state index is 0.217. The molecule has 1 amide bonds. The zero-order chi connectivity index (χ0) is 22.5. The van der Waals surface area contributed by atoms with E-state index >= 15 is 0 Å². The number of piperidine rings is 2. The highest BCUT2D eigenvalue weighted by molar-refractivity contribution is 5.65. The minimum Gasteiger partial charge on any atom is -0.465 e. The molecular weight excluding hydrogens is 408 g/mol. The molecular formula is C23H28N6O3. The van der Waals surface area contributed by atoms with E-state index in [9.17, 15) is 15.2 Å². The standard InChI is InChI=1S/C23H28N6O3/c24-13-20-22(27-21(14-25-20)28-9-5-16(15-30)6-10-28)26-19-3-1-17(2-4-19)18-7-11-29(12-8-18)23(31)32/h1-4,14,16,18,30H,5-12,15H2,(H,26,27)(H,31,32). The van der Waals surface area contributed by atoms with Crippen LogP contribution in [0.5, 0.6) is 0 Å². The average Bonchev–Trinajstić information content (AvgIpc) is 2.84. The second kappa shape index (κ2) is 9.83. The first-order valence-corrected chi connectivity index (χ1v) is 11.0. The van der Waals surface area contributed by atoms with E-state index in [1.807, 2.05) is 24.3 Å². The van der Waals surface area contributed by atoms with Gasteiger partial charge in [0.15, 0.2) is 11.5 Å². The van der Waals surface area contributed by atoms with Gasteiger partial charge < -0.3 is 25.3 Å². The number of benzene rings is 1. The van der Waals surface area contributed by atoms with Crippen LogP contribution in [0.15, 0.2) is 30.5 Å². The number of nitrogens with one attached hydrogen (secondary N) is 1. The summed E-state index contributed by atoms with van der Waals surface area (Å²) >= 11 is 0. The Morgan fingerprint density at radius 1 is 1.12 bits per heavy atom. The predicted octanol–water partition coefficient (Wildman–Crippen LogP) is 3.16. The molecule has 168 valence electrons. The molecule has 2 aromatic rings. The molecule has 2 aliphatic heterocycles. The lowest BCUT2D eigenvalue weighted by atomic mass is 9.89. The van der Waals surface area contributed by atoms with Gasteiger partial charge in [-0.2, -0.15) is 5.26 Å². The van der Waals surface area contributed by atoms with Crippen LogP contribution in [0, 0.1) is 17.2 Å². The molecule has 2 fully saturated rings. The summed E-state index contributed by atoms with van der Waals surface area (Å²) in [6, 6.07) is 10.1. The van der Waals surface area contributed by atoms with E-state index < -0.39 is 6.09 Å². The molecule has 2 aliphatic rings. The smallest absolute Gasteiger partial charge is 0.407 e. The van der Waals surface area contributed by atoms with E-state index in [0.29, 0.717) is 30.7 Å². The number of aromatic nitrogens is 2. The van der Waals surface area contributed by atoms with Crippen LogP contribution in [0.4, 0.5) is 22.1 Å². The Hall–Kier alpha value is -3.38. The van der Waals surface area contributed by atoms with Crippen molar-refractivity contribution in [1.29, 1.82) is 5.26 Å². The van der Waals surface area contributed by atoms with E-state index in [2.05, 4.69) is 26.3 Å². The van der Waals surface area contributed by atoms with Gasteiger partial charge in [-0.3, -0.25) is 0 Å². The van der Waals surface area contributed by atoms with E-state index in [1.54, 1.807) is 6.20 Å². The number of rotatable bonds is 5. The highest BCUT2D eigenvalue weighted by Gasteiger charge is 2.24. The fourth-order valence-electron chi connectivity index (χ4n) is 4.43. The topological polar surface area (TPSA) is 126 Å². The monoisotopic (exact) mass is 436 g/mol. The summed E-state index contributed by atoms with van der Waals surface area (Å²) in [5.74, 6) is 1.84. The lowest BCUT2D eigenvalue weighted by molar-refractivity contribution is 0.132. The number of anilines is 3. The molecule has 0 spiro atoms. The van der Waals surface area contributed by atoms with Crippen molar-refractivity contribution < 1.29 is 15.0 Å². The molecule has 9 nitrogen and oxygen atoms in total. The lowest BCUT2D eigenvalue weighted by Gasteiger charge is -2.32. The van der Waals surface area contributed by atoms with Crippen molar-refractivity contribution in [2.24, 2.45) is 5.92 Å². The maximum absolute atomic E-state index is 11.1. The largest absolute Gasteiger partial charge is 0.465 e. The number of carboxylic acid groups (broad SMARTS) is 1. The minimum atomic E-state index is -0.850. The molecule has 3 heterocycles. The number of carbonyl (C=O) groups is 1. The number of amides is 1. The third kappa shape index (κ3) is 4.92. The quantitative estimate of drug-likeness (QED) is 0.653. The van der Waals surface area contributed by atoms with Crippen LogP contribution in [0.25, 0.3) is 0 Å². The summed E-state index contributed by atoms with van der Waals surface area (Å²) in [5, 5.41) is 31.1. The van der Waals surface area contributed by atoms with Crippen molar-refractivity contribution in [3.63, 3.8) is 0 Å². The normalized spacial score (nSPS) is 17.8. The number of nitriles is 1. The molecule has 4 rings (SSSR count). The highest BCUT2D eigenvalue weighted by Crippen LogP contribution is 2.30. The Morgan fingerprint density at radius 2 is 1.81 bits per heavy atom. The summed E-state index contributed by atoms with van der Waals surface area (Å²) in [7, 11) is 0. The summed E-state index contributed by atoms with van der Waals surface area (Å²) in [6.45, 7) is 2.95. The Balaban J connectivity index is 1.43. The van der Waals surface area contributed by atoms with Crippen molar-refractivity contribution in [2.75, 3.05) is 43.0 Å². The van der Waals surface area contributed by atoms with Crippen LogP contribution in [0.2, 0.25) is 0 Å². The molecule has 1 aromatic heterocycles. The predicted molar refractivity (Wildman–Crippen MR) is 120 cm³/mol. The Kier molecular flexibility index (Phi) is 6.71. The van der Waals surface area contributed by atoms with Gasteiger partial charge >= 0.3 is 6.09 Å². The van der Waals surface area contributed by atoms with Gasteiger partial charge in [0.25, 0.3) is 0 Å². The van der Waals surface area contributed by atoms with Crippen molar-refractivity contribution >= 4 is 23.4 Å². The maximum Gasteiger partial charge on any atom is 0.407 e. The van der Waals surface area contributed by atoms with Gasteiger partial charge in [-0.15, -0.1) is 0 Å². The van der Waals surface area contributed by atoms with E-state index in [0.717, 1.165) is 50.3 Å². The van der Waals surface area contributed by atoms with Crippen LogP contribution < -0.4 is 10.2 Å². The molecule has 0 saturated carbocycles. The third-order valence-electron chi connectivity index (χ3n) is 6.47. The number of likely N-dealkylation sites (tertiary alicyclic amines) is 1. The number of aliphatic hydroxyl groups is 1. The summed E-state index contributed by atoms with van der Waals surface area (Å²) in [5.41, 5.74) is 2.25. The first-order valence-electron chi connectivity index (χ1n) is 11.0. The molecule has 32 heavy (non-hydrogen) atoms. The highest BCUT2D eigenvalue weighted by atomic mass is 16.4. The fourth-order valence-corrected chi connectivity index (χ4v) is 4.43. The van der Waals surface area contributed by atoms with Crippen LogP contribution >= 0.6 is 0 Å². The van der Waals surface area contributed by atoms with Crippen LogP contribution in [-0.2, 0) is 0 Å². The van der Waals surface area contributed by atoms with Gasteiger partial charge in [0, 0.05) is 38.5 Å². The molecule has 0 radical (unpaired) electrons. The van der Waals surface area contributed by atoms with Crippen molar-refractivity contribution in [3.05, 3.63) is 41.7 Å². The summed E-state index contributed by atoms with van der Waals surface area (Å²) in [6.07, 6.45) is 4.24. The summed E-state index contributed by atoms with van der Waals surface area (Å²) < 4.78 is 0. The van der Waals surface area contributed by atoms with Crippen LogP contribution in [-0.4, -0.2) is 64.0 Å². The first-order chi connectivity index (χ1) is 15.6. The molecule has 0 unspecified atom stereocenters. The number of aliphatic hydroxyl groups excluding tert-OH is 1. The van der Waals surface area contributed by atoms with Gasteiger partial charge in [-0.05, 0) is 55.2 Å². The van der Waals surface area contributed by atoms with E-state index in [4.69, 9.17) is 5.11 Å². The van der Waals surface area contributed by atoms with E-state index in [-0.39, 0.29) is 12.3 Å². The van der Waals surface area contributed by atoms with Crippen LogP contribution in [0.3, 0.4) is 0 Å². The van der Waals surface area contributed by atoms with Gasteiger partial charge in [0.05, 0.1) is 6.20 Å². The van der Waals surface area contributed by atoms with Crippen molar-refractivity contribution in [3.8, 4) is 6.07 Å². The zero-order valence-corrected chi connectivity index (χ0v) is 17.9.